The average molecular weight is 433 g/mol. The molecule has 0 amide bonds. The molecule has 0 N–H and O–H groups in total. The van der Waals surface area contributed by atoms with Gasteiger partial charge in [0.25, 0.3) is 0 Å². The van der Waals surface area contributed by atoms with Crippen LogP contribution in [0.1, 0.15) is 35.3 Å². The van der Waals surface area contributed by atoms with Gasteiger partial charge in [0.15, 0.2) is 16.6 Å². The van der Waals surface area contributed by atoms with Crippen molar-refractivity contribution in [1.82, 2.24) is 18.9 Å². The van der Waals surface area contributed by atoms with E-state index in [9.17, 15) is 13.2 Å². The summed E-state index contributed by atoms with van der Waals surface area (Å²) in [5.41, 5.74) is 3.18. The molecule has 154 valence electrons. The summed E-state index contributed by atoms with van der Waals surface area (Å²) < 4.78 is 28.6. The van der Waals surface area contributed by atoms with E-state index >= 15 is 0 Å². The summed E-state index contributed by atoms with van der Waals surface area (Å²) in [5.74, 6) is 0.192. The van der Waals surface area contributed by atoms with Crippen LogP contribution in [-0.4, -0.2) is 51.9 Å². The van der Waals surface area contributed by atoms with Crippen LogP contribution in [0.3, 0.4) is 0 Å². The molecule has 0 spiro atoms. The number of nitrogens with zero attached hydrogens (tertiary/aromatic N) is 4. The summed E-state index contributed by atoms with van der Waals surface area (Å²) in [6.45, 7) is 8.26. The summed E-state index contributed by atoms with van der Waals surface area (Å²) >= 11 is 1.24. The molecule has 0 saturated heterocycles. The molecular weight excluding hydrogens is 408 g/mol. The van der Waals surface area contributed by atoms with Gasteiger partial charge >= 0.3 is 0 Å². The molecule has 0 fully saturated rings. The van der Waals surface area contributed by atoms with E-state index < -0.39 is 10.0 Å². The minimum absolute atomic E-state index is 0.000123. The number of benzene rings is 1. The van der Waals surface area contributed by atoms with Gasteiger partial charge in [0.1, 0.15) is 0 Å². The molecule has 0 unspecified atom stereocenters. The highest BCUT2D eigenvalue weighted by molar-refractivity contribution is 7.99. The van der Waals surface area contributed by atoms with Crippen LogP contribution in [0.25, 0.3) is 5.65 Å². The van der Waals surface area contributed by atoms with Gasteiger partial charge in [-0.25, -0.2) is 8.42 Å². The maximum absolute atomic E-state index is 12.8. The Kier molecular flexibility index (Phi) is 6.40. The second kappa shape index (κ2) is 8.64. The number of carbonyl (C=O) groups excluding carboxylic acids is 1. The Labute approximate surface area is 175 Å². The van der Waals surface area contributed by atoms with Crippen LogP contribution >= 0.6 is 11.8 Å². The fourth-order valence-electron chi connectivity index (χ4n) is 3.06. The molecule has 0 radical (unpaired) electrons. The lowest BCUT2D eigenvalue weighted by Crippen LogP contribution is -2.30. The largest absolute Gasteiger partial charge is 0.293 e. The Balaban J connectivity index is 1.87. The maximum atomic E-state index is 12.8. The third-order valence-electron chi connectivity index (χ3n) is 4.71. The smallest absolute Gasteiger partial charge is 0.244 e. The molecule has 0 aliphatic rings. The van der Waals surface area contributed by atoms with Gasteiger partial charge in [-0.3, -0.25) is 9.20 Å². The zero-order valence-electron chi connectivity index (χ0n) is 16.9. The van der Waals surface area contributed by atoms with Crippen molar-refractivity contribution >= 4 is 33.2 Å². The number of rotatable bonds is 8. The van der Waals surface area contributed by atoms with Gasteiger partial charge in [0.05, 0.1) is 10.6 Å². The number of thioether (sulfide) groups is 1. The number of hydrogen-bond acceptors (Lipinski definition) is 6. The van der Waals surface area contributed by atoms with Crippen molar-refractivity contribution in [3.8, 4) is 0 Å². The normalized spacial score (nSPS) is 12.0. The van der Waals surface area contributed by atoms with Crippen molar-refractivity contribution < 1.29 is 13.2 Å². The first kappa shape index (κ1) is 21.5. The van der Waals surface area contributed by atoms with Crippen LogP contribution in [0.2, 0.25) is 0 Å². The van der Waals surface area contributed by atoms with E-state index in [0.717, 1.165) is 11.1 Å². The molecule has 0 aliphatic heterocycles. The zero-order chi connectivity index (χ0) is 21.2. The zero-order valence-corrected chi connectivity index (χ0v) is 18.5. The highest BCUT2D eigenvalue weighted by Gasteiger charge is 2.23. The van der Waals surface area contributed by atoms with Crippen LogP contribution in [0.4, 0.5) is 0 Å². The molecule has 2 aromatic heterocycles. The molecule has 0 aliphatic carbocycles. The van der Waals surface area contributed by atoms with Crippen LogP contribution in [0.5, 0.6) is 0 Å². The number of fused-ring (bicyclic) bond motifs is 1. The summed E-state index contributed by atoms with van der Waals surface area (Å²) in [5, 5.41) is 8.69. The lowest BCUT2D eigenvalue weighted by Gasteiger charge is -2.18. The Morgan fingerprint density at radius 3 is 2.52 bits per heavy atom. The molecular formula is C20H24N4O3S2. The van der Waals surface area contributed by atoms with Crippen molar-refractivity contribution in [1.29, 1.82) is 0 Å². The third-order valence-corrected chi connectivity index (χ3v) is 7.69. The lowest BCUT2D eigenvalue weighted by atomic mass is 10.0. The number of aromatic nitrogens is 3. The molecule has 9 heteroatoms. The Bertz CT molecular complexity index is 1150. The number of sulfonamides is 1. The quantitative estimate of drug-likeness (QED) is 0.401. The van der Waals surface area contributed by atoms with Crippen LogP contribution in [0, 0.1) is 13.8 Å². The molecule has 3 aromatic rings. The predicted octanol–water partition coefficient (Wildman–Crippen LogP) is 3.35. The van der Waals surface area contributed by atoms with E-state index in [1.54, 1.807) is 24.3 Å². The van der Waals surface area contributed by atoms with Crippen molar-refractivity contribution in [2.45, 2.75) is 37.7 Å². The van der Waals surface area contributed by atoms with Crippen LogP contribution in [0.15, 0.2) is 46.6 Å². The average Bonchev–Trinajstić information content (AvgIpc) is 3.11. The molecule has 29 heavy (non-hydrogen) atoms. The Hall–Kier alpha value is -2.23. The molecule has 2 heterocycles. The number of pyridine rings is 1. The van der Waals surface area contributed by atoms with Crippen molar-refractivity contribution in [2.75, 3.05) is 18.8 Å². The van der Waals surface area contributed by atoms with E-state index in [-0.39, 0.29) is 16.4 Å². The summed E-state index contributed by atoms with van der Waals surface area (Å²) in [4.78, 5) is 12.8. The first-order valence-electron chi connectivity index (χ1n) is 9.36. The van der Waals surface area contributed by atoms with Gasteiger partial charge < -0.3 is 0 Å². The Morgan fingerprint density at radius 1 is 1.10 bits per heavy atom. The second-order valence-corrected chi connectivity index (χ2v) is 9.58. The highest BCUT2D eigenvalue weighted by atomic mass is 32.2. The monoisotopic (exact) mass is 432 g/mol. The third kappa shape index (κ3) is 4.36. The van der Waals surface area contributed by atoms with Gasteiger partial charge in [-0.15, -0.1) is 10.2 Å². The molecule has 0 saturated carbocycles. The first-order valence-corrected chi connectivity index (χ1v) is 11.8. The standard InChI is InChI=1S/C20H24N4O3S2/c1-5-23(6-2)29(26,27)16-9-10-19-21-22-20(24(19)12-16)28-13-18(25)17-11-14(3)7-8-15(17)4/h7-12H,5-6,13H2,1-4H3. The first-order chi connectivity index (χ1) is 13.8. The minimum atomic E-state index is -3.59. The Morgan fingerprint density at radius 2 is 1.83 bits per heavy atom. The maximum Gasteiger partial charge on any atom is 0.244 e. The molecule has 3 rings (SSSR count). The highest BCUT2D eigenvalue weighted by Crippen LogP contribution is 2.23. The summed E-state index contributed by atoms with van der Waals surface area (Å²) in [6, 6.07) is 8.95. The van der Waals surface area contributed by atoms with E-state index in [1.807, 2.05) is 32.0 Å². The van der Waals surface area contributed by atoms with E-state index in [1.165, 1.54) is 28.3 Å². The topological polar surface area (TPSA) is 84.6 Å². The molecule has 0 bridgehead atoms. The fraction of sp³-hybridized carbons (Fsp3) is 0.350. The van der Waals surface area contributed by atoms with Gasteiger partial charge in [-0.05, 0) is 37.6 Å². The summed E-state index contributed by atoms with van der Waals surface area (Å²) in [7, 11) is -3.59. The number of carbonyl (C=O) groups is 1. The van der Waals surface area contributed by atoms with Gasteiger partial charge in [-0.1, -0.05) is 43.3 Å². The van der Waals surface area contributed by atoms with E-state index in [2.05, 4.69) is 10.2 Å². The summed E-state index contributed by atoms with van der Waals surface area (Å²) in [6.07, 6.45) is 1.52. The van der Waals surface area contributed by atoms with Crippen molar-refractivity contribution in [3.63, 3.8) is 0 Å². The lowest BCUT2D eigenvalue weighted by molar-refractivity contribution is 0.102. The number of ketones is 1. The van der Waals surface area contributed by atoms with Gasteiger partial charge in [0.2, 0.25) is 10.0 Å². The van der Waals surface area contributed by atoms with Gasteiger partial charge in [-0.2, -0.15) is 4.31 Å². The fourth-order valence-corrected chi connectivity index (χ4v) is 5.31. The van der Waals surface area contributed by atoms with Crippen LogP contribution < -0.4 is 0 Å². The number of hydrogen-bond donors (Lipinski definition) is 0. The molecule has 0 atom stereocenters. The van der Waals surface area contributed by atoms with Crippen molar-refractivity contribution in [2.24, 2.45) is 0 Å². The van der Waals surface area contributed by atoms with E-state index in [0.29, 0.717) is 29.5 Å². The second-order valence-electron chi connectivity index (χ2n) is 6.70. The number of aryl methyl sites for hydroxylation is 2. The molecule has 1 aromatic carbocycles. The number of Topliss-reactive ketones (excluding diaryl/α,β-unsaturated/α-hetero) is 1. The SMILES string of the molecule is CCN(CC)S(=O)(=O)c1ccc2nnc(SCC(=O)c3cc(C)ccc3C)n2c1. The van der Waals surface area contributed by atoms with Crippen molar-refractivity contribution in [3.05, 3.63) is 53.2 Å². The molecule has 7 nitrogen and oxygen atoms in total. The predicted molar refractivity (Wildman–Crippen MR) is 114 cm³/mol. The van der Waals surface area contributed by atoms with Crippen LogP contribution in [-0.2, 0) is 10.0 Å². The van der Waals surface area contributed by atoms with E-state index in [4.69, 9.17) is 0 Å². The van der Waals surface area contributed by atoms with Gasteiger partial charge in [0, 0.05) is 24.8 Å². The minimum Gasteiger partial charge on any atom is -0.293 e.